The standard InChI is InChI=1S/C15H22N2O2/c1-5-12(8-9-16)17-11(2)14-7-6-13(18-3)10-15(14)19-4/h6-7,10-12,17H,5,8H2,1-4H3. The van der Waals surface area contributed by atoms with E-state index in [0.717, 1.165) is 23.5 Å². The summed E-state index contributed by atoms with van der Waals surface area (Å²) in [5.41, 5.74) is 1.07. The molecule has 0 spiro atoms. The van der Waals surface area contributed by atoms with E-state index < -0.39 is 0 Å². The average molecular weight is 262 g/mol. The van der Waals surface area contributed by atoms with Crippen molar-refractivity contribution in [3.05, 3.63) is 23.8 Å². The number of benzene rings is 1. The summed E-state index contributed by atoms with van der Waals surface area (Å²) in [5.74, 6) is 1.57. The molecule has 0 amide bonds. The number of methoxy groups -OCH3 is 2. The first-order valence-corrected chi connectivity index (χ1v) is 6.51. The minimum atomic E-state index is 0.124. The molecule has 0 saturated carbocycles. The van der Waals surface area contributed by atoms with Crippen LogP contribution >= 0.6 is 0 Å². The zero-order valence-electron chi connectivity index (χ0n) is 12.1. The number of ether oxygens (including phenoxy) is 2. The molecular weight excluding hydrogens is 240 g/mol. The summed E-state index contributed by atoms with van der Waals surface area (Å²) in [4.78, 5) is 0. The molecule has 0 heterocycles. The molecule has 1 aromatic rings. The Morgan fingerprint density at radius 2 is 2.05 bits per heavy atom. The van der Waals surface area contributed by atoms with Crippen molar-refractivity contribution in [2.24, 2.45) is 0 Å². The Morgan fingerprint density at radius 1 is 1.32 bits per heavy atom. The molecular formula is C15H22N2O2. The van der Waals surface area contributed by atoms with Gasteiger partial charge in [-0.2, -0.15) is 5.26 Å². The topological polar surface area (TPSA) is 54.3 Å². The fourth-order valence-electron chi connectivity index (χ4n) is 2.05. The van der Waals surface area contributed by atoms with Crippen LogP contribution in [0.1, 0.15) is 38.3 Å². The zero-order valence-corrected chi connectivity index (χ0v) is 12.1. The number of nitrogens with one attached hydrogen (secondary N) is 1. The van der Waals surface area contributed by atoms with Crippen LogP contribution in [0.3, 0.4) is 0 Å². The molecule has 1 rings (SSSR count). The zero-order chi connectivity index (χ0) is 14.3. The Kier molecular flexibility index (Phi) is 6.17. The minimum absolute atomic E-state index is 0.124. The highest BCUT2D eigenvalue weighted by Gasteiger charge is 2.15. The molecule has 0 aliphatic rings. The molecule has 4 heteroatoms. The van der Waals surface area contributed by atoms with Crippen LogP contribution in [-0.4, -0.2) is 20.3 Å². The van der Waals surface area contributed by atoms with Crippen molar-refractivity contribution in [3.8, 4) is 17.6 Å². The van der Waals surface area contributed by atoms with Crippen LogP contribution in [0.2, 0.25) is 0 Å². The Labute approximate surface area is 115 Å². The average Bonchev–Trinajstić information content (AvgIpc) is 2.45. The highest BCUT2D eigenvalue weighted by Crippen LogP contribution is 2.29. The van der Waals surface area contributed by atoms with Crippen LogP contribution < -0.4 is 14.8 Å². The van der Waals surface area contributed by atoms with Crippen LogP contribution in [0.15, 0.2) is 18.2 Å². The van der Waals surface area contributed by atoms with Gasteiger partial charge in [0.15, 0.2) is 0 Å². The van der Waals surface area contributed by atoms with Crippen LogP contribution in [0.5, 0.6) is 11.5 Å². The maximum absolute atomic E-state index is 8.79. The number of rotatable bonds is 7. The van der Waals surface area contributed by atoms with Gasteiger partial charge in [-0.15, -0.1) is 0 Å². The van der Waals surface area contributed by atoms with E-state index in [9.17, 15) is 0 Å². The lowest BCUT2D eigenvalue weighted by Gasteiger charge is -2.22. The van der Waals surface area contributed by atoms with Crippen LogP contribution in [0.4, 0.5) is 0 Å². The van der Waals surface area contributed by atoms with Gasteiger partial charge < -0.3 is 14.8 Å². The van der Waals surface area contributed by atoms with Crippen molar-refractivity contribution in [2.45, 2.75) is 38.8 Å². The summed E-state index contributed by atoms with van der Waals surface area (Å²) in [7, 11) is 3.29. The predicted octanol–water partition coefficient (Wildman–Crippen LogP) is 3.05. The molecule has 0 aliphatic heterocycles. The van der Waals surface area contributed by atoms with Crippen molar-refractivity contribution < 1.29 is 9.47 Å². The molecule has 0 aromatic heterocycles. The fourth-order valence-corrected chi connectivity index (χ4v) is 2.05. The summed E-state index contributed by atoms with van der Waals surface area (Å²) >= 11 is 0. The minimum Gasteiger partial charge on any atom is -0.497 e. The molecule has 2 atom stereocenters. The first-order chi connectivity index (χ1) is 9.15. The maximum Gasteiger partial charge on any atom is 0.127 e. The molecule has 0 radical (unpaired) electrons. The van der Waals surface area contributed by atoms with Gasteiger partial charge in [0.25, 0.3) is 0 Å². The van der Waals surface area contributed by atoms with E-state index in [0.29, 0.717) is 6.42 Å². The first-order valence-electron chi connectivity index (χ1n) is 6.51. The van der Waals surface area contributed by atoms with Gasteiger partial charge in [0.1, 0.15) is 11.5 Å². The van der Waals surface area contributed by atoms with E-state index in [1.54, 1.807) is 14.2 Å². The van der Waals surface area contributed by atoms with Crippen LogP contribution in [0.25, 0.3) is 0 Å². The van der Waals surface area contributed by atoms with Gasteiger partial charge in [0.2, 0.25) is 0 Å². The Bertz CT molecular complexity index is 440. The second-order valence-corrected chi connectivity index (χ2v) is 4.46. The third kappa shape index (κ3) is 4.15. The molecule has 104 valence electrons. The van der Waals surface area contributed by atoms with E-state index in [4.69, 9.17) is 14.7 Å². The van der Waals surface area contributed by atoms with Crippen molar-refractivity contribution in [2.75, 3.05) is 14.2 Å². The summed E-state index contributed by atoms with van der Waals surface area (Å²) in [6.45, 7) is 4.15. The number of hydrogen-bond donors (Lipinski definition) is 1. The Balaban J connectivity index is 2.86. The van der Waals surface area contributed by atoms with E-state index in [-0.39, 0.29) is 12.1 Å². The van der Waals surface area contributed by atoms with Gasteiger partial charge in [-0.1, -0.05) is 13.0 Å². The summed E-state index contributed by atoms with van der Waals surface area (Å²) < 4.78 is 10.6. The van der Waals surface area contributed by atoms with Crippen molar-refractivity contribution in [3.63, 3.8) is 0 Å². The maximum atomic E-state index is 8.79. The fraction of sp³-hybridized carbons (Fsp3) is 0.533. The van der Waals surface area contributed by atoms with Crippen LogP contribution in [-0.2, 0) is 0 Å². The van der Waals surface area contributed by atoms with Gasteiger partial charge in [0.05, 0.1) is 26.7 Å². The van der Waals surface area contributed by atoms with Gasteiger partial charge in [-0.3, -0.25) is 0 Å². The number of nitrogens with zero attached hydrogens (tertiary/aromatic N) is 1. The van der Waals surface area contributed by atoms with Gasteiger partial charge in [0, 0.05) is 23.7 Å². The monoisotopic (exact) mass is 262 g/mol. The van der Waals surface area contributed by atoms with E-state index in [1.165, 1.54) is 0 Å². The number of hydrogen-bond acceptors (Lipinski definition) is 4. The largest absolute Gasteiger partial charge is 0.497 e. The third-order valence-electron chi connectivity index (χ3n) is 3.22. The van der Waals surface area contributed by atoms with Crippen molar-refractivity contribution in [1.29, 1.82) is 5.26 Å². The first kappa shape index (κ1) is 15.3. The predicted molar refractivity (Wildman–Crippen MR) is 75.4 cm³/mol. The Hall–Kier alpha value is -1.73. The molecule has 1 N–H and O–H groups in total. The smallest absolute Gasteiger partial charge is 0.127 e. The van der Waals surface area contributed by atoms with E-state index >= 15 is 0 Å². The lowest BCUT2D eigenvalue weighted by atomic mass is 10.0. The normalized spacial score (nSPS) is 13.4. The molecule has 1 aromatic carbocycles. The van der Waals surface area contributed by atoms with Gasteiger partial charge >= 0.3 is 0 Å². The molecule has 19 heavy (non-hydrogen) atoms. The second kappa shape index (κ2) is 7.65. The van der Waals surface area contributed by atoms with Gasteiger partial charge in [-0.05, 0) is 19.4 Å². The quantitative estimate of drug-likeness (QED) is 0.820. The van der Waals surface area contributed by atoms with Gasteiger partial charge in [-0.25, -0.2) is 0 Å². The summed E-state index contributed by atoms with van der Waals surface area (Å²) in [6, 6.07) is 8.32. The highest BCUT2D eigenvalue weighted by molar-refractivity contribution is 5.42. The third-order valence-corrected chi connectivity index (χ3v) is 3.22. The van der Waals surface area contributed by atoms with E-state index in [1.807, 2.05) is 18.2 Å². The number of nitriles is 1. The molecule has 0 saturated heterocycles. The summed E-state index contributed by atoms with van der Waals surface area (Å²) in [6.07, 6.45) is 1.44. The summed E-state index contributed by atoms with van der Waals surface area (Å²) in [5, 5.41) is 12.2. The van der Waals surface area contributed by atoms with Crippen LogP contribution in [0, 0.1) is 11.3 Å². The molecule has 2 unspecified atom stereocenters. The molecule has 0 bridgehead atoms. The van der Waals surface area contributed by atoms with E-state index in [2.05, 4.69) is 25.2 Å². The lowest BCUT2D eigenvalue weighted by molar-refractivity contribution is 0.379. The van der Waals surface area contributed by atoms with Crippen molar-refractivity contribution in [1.82, 2.24) is 5.32 Å². The van der Waals surface area contributed by atoms with Crippen molar-refractivity contribution >= 4 is 0 Å². The lowest BCUT2D eigenvalue weighted by Crippen LogP contribution is -2.30. The molecule has 0 fully saturated rings. The Morgan fingerprint density at radius 3 is 2.58 bits per heavy atom. The second-order valence-electron chi connectivity index (χ2n) is 4.46. The molecule has 0 aliphatic carbocycles. The molecule has 4 nitrogen and oxygen atoms in total. The highest BCUT2D eigenvalue weighted by atomic mass is 16.5. The SMILES string of the molecule is CCC(CC#N)NC(C)c1ccc(OC)cc1OC.